The Hall–Kier alpha value is -0.970. The molecule has 0 bridgehead atoms. The molecule has 2 rings (SSSR count). The SMILES string of the molecule is Cc1cc(NCC2CCC(C(F)(F)F)CC2)ncc1Cl. The van der Waals surface area contributed by atoms with Crippen LogP contribution in [0.5, 0.6) is 0 Å². The summed E-state index contributed by atoms with van der Waals surface area (Å²) in [4.78, 5) is 4.15. The van der Waals surface area contributed by atoms with E-state index in [1.807, 2.05) is 13.0 Å². The first kappa shape index (κ1) is 15.4. The number of aromatic nitrogens is 1. The van der Waals surface area contributed by atoms with Gasteiger partial charge in [0.05, 0.1) is 10.9 Å². The topological polar surface area (TPSA) is 24.9 Å². The molecule has 1 fully saturated rings. The van der Waals surface area contributed by atoms with Gasteiger partial charge in [-0.25, -0.2) is 4.98 Å². The third-order valence-corrected chi connectivity index (χ3v) is 4.32. The molecule has 1 aromatic rings. The number of alkyl halides is 3. The molecule has 1 N–H and O–H groups in total. The number of halogens is 4. The lowest BCUT2D eigenvalue weighted by Gasteiger charge is -2.30. The monoisotopic (exact) mass is 306 g/mol. The van der Waals surface area contributed by atoms with Gasteiger partial charge in [-0.1, -0.05) is 11.6 Å². The average molecular weight is 307 g/mol. The quantitative estimate of drug-likeness (QED) is 0.865. The van der Waals surface area contributed by atoms with Gasteiger partial charge < -0.3 is 5.32 Å². The molecular formula is C14H18ClF3N2. The molecule has 0 atom stereocenters. The van der Waals surface area contributed by atoms with E-state index in [9.17, 15) is 13.2 Å². The first-order valence-corrected chi connectivity index (χ1v) is 7.17. The Balaban J connectivity index is 1.80. The van der Waals surface area contributed by atoms with Gasteiger partial charge in [-0.05, 0) is 50.2 Å². The van der Waals surface area contributed by atoms with E-state index in [0.717, 1.165) is 11.4 Å². The van der Waals surface area contributed by atoms with Gasteiger partial charge in [-0.15, -0.1) is 0 Å². The van der Waals surface area contributed by atoms with Crippen LogP contribution in [-0.2, 0) is 0 Å². The third kappa shape index (κ3) is 4.01. The maximum Gasteiger partial charge on any atom is 0.391 e. The Kier molecular flexibility index (Phi) is 4.78. The van der Waals surface area contributed by atoms with Crippen LogP contribution in [0.25, 0.3) is 0 Å². The van der Waals surface area contributed by atoms with Crippen molar-refractivity contribution in [1.29, 1.82) is 0 Å². The number of pyridine rings is 1. The van der Waals surface area contributed by atoms with Gasteiger partial charge in [0.1, 0.15) is 5.82 Å². The van der Waals surface area contributed by atoms with Crippen LogP contribution in [0.3, 0.4) is 0 Å². The lowest BCUT2D eigenvalue weighted by Crippen LogP contribution is -2.29. The number of anilines is 1. The summed E-state index contributed by atoms with van der Waals surface area (Å²) in [6.07, 6.45) is -0.744. The molecule has 0 amide bonds. The average Bonchev–Trinajstić information content (AvgIpc) is 2.40. The summed E-state index contributed by atoms with van der Waals surface area (Å²) in [6.45, 7) is 2.56. The summed E-state index contributed by atoms with van der Waals surface area (Å²) < 4.78 is 37.7. The summed E-state index contributed by atoms with van der Waals surface area (Å²) in [7, 11) is 0. The van der Waals surface area contributed by atoms with Crippen molar-refractivity contribution in [2.45, 2.75) is 38.8 Å². The predicted molar refractivity (Wildman–Crippen MR) is 74.0 cm³/mol. The summed E-state index contributed by atoms with van der Waals surface area (Å²) in [6, 6.07) is 1.85. The molecule has 20 heavy (non-hydrogen) atoms. The maximum atomic E-state index is 12.6. The van der Waals surface area contributed by atoms with Gasteiger partial charge in [-0.3, -0.25) is 0 Å². The standard InChI is InChI=1S/C14H18ClF3N2/c1-9-6-13(20-8-12(9)15)19-7-10-2-4-11(5-3-10)14(16,17)18/h6,8,10-11H,2-5,7H2,1H3,(H,19,20). The van der Waals surface area contributed by atoms with Gasteiger partial charge in [0.15, 0.2) is 0 Å². The van der Waals surface area contributed by atoms with Crippen molar-refractivity contribution in [2.75, 3.05) is 11.9 Å². The van der Waals surface area contributed by atoms with Crippen molar-refractivity contribution in [3.8, 4) is 0 Å². The second-order valence-corrected chi connectivity index (χ2v) is 5.87. The van der Waals surface area contributed by atoms with E-state index >= 15 is 0 Å². The number of nitrogens with one attached hydrogen (secondary N) is 1. The van der Waals surface area contributed by atoms with Crippen LogP contribution in [0, 0.1) is 18.8 Å². The van der Waals surface area contributed by atoms with Crippen LogP contribution in [-0.4, -0.2) is 17.7 Å². The van der Waals surface area contributed by atoms with E-state index in [-0.39, 0.29) is 18.8 Å². The van der Waals surface area contributed by atoms with E-state index in [4.69, 9.17) is 11.6 Å². The Morgan fingerprint density at radius 3 is 2.50 bits per heavy atom. The molecule has 0 aromatic carbocycles. The summed E-state index contributed by atoms with van der Waals surface area (Å²) in [5, 5.41) is 3.80. The van der Waals surface area contributed by atoms with Crippen LogP contribution >= 0.6 is 11.6 Å². The molecule has 0 spiro atoms. The van der Waals surface area contributed by atoms with Crippen molar-refractivity contribution in [3.63, 3.8) is 0 Å². The number of hydrogen-bond acceptors (Lipinski definition) is 2. The number of aryl methyl sites for hydroxylation is 1. The number of nitrogens with zero attached hydrogens (tertiary/aromatic N) is 1. The smallest absolute Gasteiger partial charge is 0.370 e. The van der Waals surface area contributed by atoms with E-state index in [0.29, 0.717) is 24.4 Å². The fourth-order valence-electron chi connectivity index (χ4n) is 2.58. The minimum absolute atomic E-state index is 0.239. The van der Waals surface area contributed by atoms with Crippen LogP contribution in [0.15, 0.2) is 12.3 Å². The molecule has 0 unspecified atom stereocenters. The zero-order chi connectivity index (χ0) is 14.8. The molecule has 1 aliphatic carbocycles. The fourth-order valence-corrected chi connectivity index (χ4v) is 2.68. The highest BCUT2D eigenvalue weighted by molar-refractivity contribution is 6.31. The maximum absolute atomic E-state index is 12.6. The van der Waals surface area contributed by atoms with Gasteiger partial charge >= 0.3 is 6.18 Å². The van der Waals surface area contributed by atoms with Crippen molar-refractivity contribution in [1.82, 2.24) is 4.98 Å². The van der Waals surface area contributed by atoms with Crippen molar-refractivity contribution in [3.05, 3.63) is 22.8 Å². The fraction of sp³-hybridized carbons (Fsp3) is 0.643. The second kappa shape index (κ2) is 6.20. The highest BCUT2D eigenvalue weighted by Crippen LogP contribution is 2.39. The normalized spacial score (nSPS) is 23.6. The largest absolute Gasteiger partial charge is 0.391 e. The first-order valence-electron chi connectivity index (χ1n) is 6.79. The lowest BCUT2D eigenvalue weighted by atomic mass is 9.81. The van der Waals surface area contributed by atoms with Crippen LogP contribution in [0.1, 0.15) is 31.2 Å². The molecule has 2 nitrogen and oxygen atoms in total. The molecule has 1 aliphatic rings. The Bertz CT molecular complexity index is 454. The van der Waals surface area contributed by atoms with Gasteiger partial charge in [0.2, 0.25) is 0 Å². The van der Waals surface area contributed by atoms with E-state index in [1.54, 1.807) is 6.20 Å². The Morgan fingerprint density at radius 1 is 1.30 bits per heavy atom. The van der Waals surface area contributed by atoms with E-state index in [2.05, 4.69) is 10.3 Å². The minimum atomic E-state index is -4.03. The van der Waals surface area contributed by atoms with Crippen molar-refractivity contribution in [2.24, 2.45) is 11.8 Å². The molecule has 6 heteroatoms. The van der Waals surface area contributed by atoms with E-state index < -0.39 is 12.1 Å². The van der Waals surface area contributed by atoms with Gasteiger partial charge in [-0.2, -0.15) is 13.2 Å². The third-order valence-electron chi connectivity index (χ3n) is 3.93. The highest BCUT2D eigenvalue weighted by Gasteiger charge is 2.41. The van der Waals surface area contributed by atoms with E-state index in [1.165, 1.54) is 0 Å². The van der Waals surface area contributed by atoms with Crippen LogP contribution in [0.2, 0.25) is 5.02 Å². The zero-order valence-electron chi connectivity index (χ0n) is 11.3. The molecule has 1 aromatic heterocycles. The number of hydrogen-bond donors (Lipinski definition) is 1. The van der Waals surface area contributed by atoms with Crippen molar-refractivity contribution < 1.29 is 13.2 Å². The van der Waals surface area contributed by atoms with Crippen LogP contribution in [0.4, 0.5) is 19.0 Å². The zero-order valence-corrected chi connectivity index (χ0v) is 12.1. The Labute approximate surface area is 121 Å². The summed E-state index contributed by atoms with van der Waals surface area (Å²) in [5.74, 6) is -0.106. The predicted octanol–water partition coefficient (Wildman–Crippen LogP) is 4.82. The molecule has 112 valence electrons. The lowest BCUT2D eigenvalue weighted by molar-refractivity contribution is -0.183. The highest BCUT2D eigenvalue weighted by atomic mass is 35.5. The second-order valence-electron chi connectivity index (χ2n) is 5.46. The van der Waals surface area contributed by atoms with Gasteiger partial charge in [0.25, 0.3) is 0 Å². The molecule has 0 aliphatic heterocycles. The molecule has 1 saturated carbocycles. The summed E-state index contributed by atoms with van der Waals surface area (Å²) >= 11 is 5.89. The number of rotatable bonds is 3. The first-order chi connectivity index (χ1) is 9.36. The summed E-state index contributed by atoms with van der Waals surface area (Å²) in [5.41, 5.74) is 0.935. The minimum Gasteiger partial charge on any atom is -0.370 e. The van der Waals surface area contributed by atoms with Crippen LogP contribution < -0.4 is 5.32 Å². The molecule has 0 saturated heterocycles. The molecular weight excluding hydrogens is 289 g/mol. The molecule has 0 radical (unpaired) electrons. The molecule has 1 heterocycles. The van der Waals surface area contributed by atoms with Gasteiger partial charge in [0, 0.05) is 12.7 Å². The van der Waals surface area contributed by atoms with Crippen molar-refractivity contribution >= 4 is 17.4 Å². The Morgan fingerprint density at radius 2 is 1.95 bits per heavy atom.